The van der Waals surface area contributed by atoms with Crippen molar-refractivity contribution < 1.29 is 4.74 Å². The number of methoxy groups -OCH3 is 1. The van der Waals surface area contributed by atoms with Crippen molar-refractivity contribution in [3.05, 3.63) is 93.9 Å². The number of para-hydroxylation sites is 1. The molecule has 7 nitrogen and oxygen atoms in total. The maximum Gasteiger partial charge on any atom is 0.173 e. The van der Waals surface area contributed by atoms with Gasteiger partial charge in [-0.1, -0.05) is 54.6 Å². The summed E-state index contributed by atoms with van der Waals surface area (Å²) < 4.78 is 7.50. The monoisotopic (exact) mass is 460 g/mol. The number of aromatic nitrogens is 4. The average molecular weight is 461 g/mol. The van der Waals surface area contributed by atoms with E-state index in [9.17, 15) is 0 Å². The molecule has 1 aliphatic rings. The van der Waals surface area contributed by atoms with Gasteiger partial charge in [-0.15, -0.1) is 16.4 Å². The van der Waals surface area contributed by atoms with Crippen molar-refractivity contribution in [2.24, 2.45) is 0 Å². The van der Waals surface area contributed by atoms with Gasteiger partial charge in [-0.25, -0.2) is 4.68 Å². The lowest BCUT2D eigenvalue weighted by Gasteiger charge is -2.39. The second-order valence-electron chi connectivity index (χ2n) is 8.21. The number of tetrazole rings is 1. The molecule has 4 aromatic rings. The van der Waals surface area contributed by atoms with E-state index in [-0.39, 0.29) is 6.04 Å². The van der Waals surface area contributed by atoms with Crippen molar-refractivity contribution >= 4 is 11.3 Å². The first-order valence-electron chi connectivity index (χ1n) is 11.2. The SMILES string of the molecule is COc1ccccc1CN1CCN([C@@H](c2ccccc2)c2nnnn2Cc2cccs2)CC1. The summed E-state index contributed by atoms with van der Waals surface area (Å²) in [5.74, 6) is 1.85. The maximum absolute atomic E-state index is 5.55. The topological polar surface area (TPSA) is 59.3 Å². The summed E-state index contributed by atoms with van der Waals surface area (Å²) in [6, 6.07) is 23.1. The quantitative estimate of drug-likeness (QED) is 0.400. The molecule has 1 atom stereocenters. The zero-order valence-electron chi connectivity index (χ0n) is 18.7. The molecular weight excluding hydrogens is 432 g/mol. The van der Waals surface area contributed by atoms with E-state index >= 15 is 0 Å². The molecule has 170 valence electrons. The van der Waals surface area contributed by atoms with Gasteiger partial charge in [-0.3, -0.25) is 9.80 Å². The Balaban J connectivity index is 1.35. The highest BCUT2D eigenvalue weighted by Crippen LogP contribution is 2.29. The molecule has 0 N–H and O–H groups in total. The van der Waals surface area contributed by atoms with Crippen LogP contribution in [-0.4, -0.2) is 63.3 Å². The molecule has 0 aliphatic carbocycles. The van der Waals surface area contributed by atoms with E-state index in [4.69, 9.17) is 4.74 Å². The molecule has 0 radical (unpaired) electrons. The van der Waals surface area contributed by atoms with Crippen molar-refractivity contribution in [3.8, 4) is 5.75 Å². The Morgan fingerprint density at radius 1 is 0.909 bits per heavy atom. The number of hydrogen-bond donors (Lipinski definition) is 0. The summed E-state index contributed by atoms with van der Waals surface area (Å²) in [6.07, 6.45) is 0. The average Bonchev–Trinajstić information content (AvgIpc) is 3.54. The lowest BCUT2D eigenvalue weighted by atomic mass is 10.0. The standard InChI is InChI=1S/C25H28N6OS/c1-32-23-12-6-5-10-21(23)18-29-13-15-30(16-14-29)24(20-8-3-2-4-9-20)25-26-27-28-31(25)19-22-11-7-17-33-22/h2-12,17,24H,13-16,18-19H2,1H3/t24-/m0/s1. The van der Waals surface area contributed by atoms with Crippen LogP contribution in [0, 0.1) is 0 Å². The summed E-state index contributed by atoms with van der Waals surface area (Å²) in [5, 5.41) is 15.0. The molecular formula is C25H28N6OS. The number of piperazine rings is 1. The Morgan fingerprint density at radius 3 is 2.45 bits per heavy atom. The van der Waals surface area contributed by atoms with Crippen LogP contribution in [0.5, 0.6) is 5.75 Å². The Kier molecular flexibility index (Phi) is 6.76. The summed E-state index contributed by atoms with van der Waals surface area (Å²) in [7, 11) is 1.74. The number of rotatable bonds is 8. The van der Waals surface area contributed by atoms with Gasteiger partial charge in [0.05, 0.1) is 19.7 Å². The number of thiophene rings is 1. The molecule has 0 saturated carbocycles. The Hall–Kier alpha value is -3.07. The minimum Gasteiger partial charge on any atom is -0.496 e. The first-order chi connectivity index (χ1) is 16.3. The molecule has 0 amide bonds. The summed E-state index contributed by atoms with van der Waals surface area (Å²) in [5.41, 5.74) is 2.45. The van der Waals surface area contributed by atoms with Crippen LogP contribution in [0.4, 0.5) is 0 Å². The van der Waals surface area contributed by atoms with Gasteiger partial charge in [0.15, 0.2) is 5.82 Å². The fourth-order valence-corrected chi connectivity index (χ4v) is 5.17. The molecule has 8 heteroatoms. The lowest BCUT2D eigenvalue weighted by molar-refractivity contribution is 0.0997. The van der Waals surface area contributed by atoms with Gasteiger partial charge in [0.2, 0.25) is 0 Å². The van der Waals surface area contributed by atoms with E-state index in [1.54, 1.807) is 18.4 Å². The predicted octanol–water partition coefficient (Wildman–Crippen LogP) is 3.70. The summed E-state index contributed by atoms with van der Waals surface area (Å²) >= 11 is 1.73. The molecule has 5 rings (SSSR count). The van der Waals surface area contributed by atoms with E-state index in [0.29, 0.717) is 6.54 Å². The molecule has 0 unspecified atom stereocenters. The van der Waals surface area contributed by atoms with Crippen LogP contribution in [-0.2, 0) is 13.1 Å². The zero-order valence-corrected chi connectivity index (χ0v) is 19.6. The van der Waals surface area contributed by atoms with E-state index in [1.165, 1.54) is 16.0 Å². The van der Waals surface area contributed by atoms with Crippen LogP contribution in [0.25, 0.3) is 0 Å². The number of nitrogens with zero attached hydrogens (tertiary/aromatic N) is 6. The predicted molar refractivity (Wildman–Crippen MR) is 129 cm³/mol. The fourth-order valence-electron chi connectivity index (χ4n) is 4.48. The van der Waals surface area contributed by atoms with Crippen LogP contribution < -0.4 is 4.74 Å². The molecule has 0 spiro atoms. The lowest BCUT2D eigenvalue weighted by Crippen LogP contribution is -2.48. The fraction of sp³-hybridized carbons (Fsp3) is 0.320. The van der Waals surface area contributed by atoms with Gasteiger partial charge >= 0.3 is 0 Å². The van der Waals surface area contributed by atoms with Crippen molar-refractivity contribution in [1.29, 1.82) is 0 Å². The second-order valence-corrected chi connectivity index (χ2v) is 9.24. The Bertz CT molecular complexity index is 1140. The number of ether oxygens (including phenoxy) is 1. The molecule has 2 aromatic heterocycles. The molecule has 0 bridgehead atoms. The minimum absolute atomic E-state index is 0.0228. The minimum atomic E-state index is 0.0228. The third-order valence-electron chi connectivity index (χ3n) is 6.16. The van der Waals surface area contributed by atoms with Crippen LogP contribution >= 0.6 is 11.3 Å². The maximum atomic E-state index is 5.55. The first-order valence-corrected chi connectivity index (χ1v) is 12.1. The van der Waals surface area contributed by atoms with Crippen LogP contribution in [0.15, 0.2) is 72.1 Å². The first kappa shape index (κ1) is 21.8. The Labute approximate surface area is 198 Å². The Morgan fingerprint density at radius 2 is 1.70 bits per heavy atom. The van der Waals surface area contributed by atoms with Gasteiger partial charge in [0.1, 0.15) is 5.75 Å². The molecule has 1 saturated heterocycles. The molecule has 1 aliphatic heterocycles. The van der Waals surface area contributed by atoms with Gasteiger partial charge in [0, 0.05) is 43.2 Å². The van der Waals surface area contributed by atoms with Crippen LogP contribution in [0.2, 0.25) is 0 Å². The molecule has 2 aromatic carbocycles. The summed E-state index contributed by atoms with van der Waals surface area (Å²) in [4.78, 5) is 6.24. The molecule has 33 heavy (non-hydrogen) atoms. The van der Waals surface area contributed by atoms with E-state index < -0.39 is 0 Å². The van der Waals surface area contributed by atoms with Gasteiger partial charge in [-0.05, 0) is 33.5 Å². The third kappa shape index (κ3) is 4.98. The normalized spacial score (nSPS) is 16.0. The number of hydrogen-bond acceptors (Lipinski definition) is 7. The largest absolute Gasteiger partial charge is 0.496 e. The van der Waals surface area contributed by atoms with E-state index in [0.717, 1.165) is 44.3 Å². The van der Waals surface area contributed by atoms with Crippen molar-refractivity contribution in [2.75, 3.05) is 33.3 Å². The smallest absolute Gasteiger partial charge is 0.173 e. The van der Waals surface area contributed by atoms with Gasteiger partial charge in [0.25, 0.3) is 0 Å². The highest BCUT2D eigenvalue weighted by molar-refractivity contribution is 7.09. The van der Waals surface area contributed by atoms with Gasteiger partial charge < -0.3 is 4.74 Å². The number of benzene rings is 2. The van der Waals surface area contributed by atoms with E-state index in [1.807, 2.05) is 16.8 Å². The zero-order chi connectivity index (χ0) is 22.5. The molecule has 1 fully saturated rings. The van der Waals surface area contributed by atoms with Crippen LogP contribution in [0.1, 0.15) is 27.9 Å². The van der Waals surface area contributed by atoms with Crippen molar-refractivity contribution in [3.63, 3.8) is 0 Å². The second kappa shape index (κ2) is 10.2. The third-order valence-corrected chi connectivity index (χ3v) is 7.02. The van der Waals surface area contributed by atoms with Crippen molar-refractivity contribution in [2.45, 2.75) is 19.1 Å². The highest BCUT2D eigenvalue weighted by Gasteiger charge is 2.30. The van der Waals surface area contributed by atoms with Gasteiger partial charge in [-0.2, -0.15) is 0 Å². The van der Waals surface area contributed by atoms with Crippen LogP contribution in [0.3, 0.4) is 0 Å². The summed E-state index contributed by atoms with van der Waals surface area (Å²) in [6.45, 7) is 5.43. The molecule has 3 heterocycles. The van der Waals surface area contributed by atoms with Crippen molar-refractivity contribution in [1.82, 2.24) is 30.0 Å². The van der Waals surface area contributed by atoms with E-state index in [2.05, 4.69) is 85.3 Å². The highest BCUT2D eigenvalue weighted by atomic mass is 32.1.